The fourth-order valence-corrected chi connectivity index (χ4v) is 5.38. The van der Waals surface area contributed by atoms with Crippen molar-refractivity contribution in [1.29, 1.82) is 0 Å². The third-order valence-electron chi connectivity index (χ3n) is 7.25. The second-order valence-electron chi connectivity index (χ2n) is 9.84. The van der Waals surface area contributed by atoms with Crippen molar-refractivity contribution in [2.75, 3.05) is 13.1 Å². The van der Waals surface area contributed by atoms with E-state index in [1.165, 1.54) is 0 Å². The zero-order valence-electron chi connectivity index (χ0n) is 21.9. The third-order valence-corrected chi connectivity index (χ3v) is 7.25. The molecular weight excluding hydrogens is 502 g/mol. The molecule has 4 aromatic carbocycles. The second kappa shape index (κ2) is 12.0. The average molecular weight is 534 g/mol. The highest BCUT2D eigenvalue weighted by molar-refractivity contribution is 5.92. The molecule has 1 fully saturated rings. The fourth-order valence-electron chi connectivity index (χ4n) is 5.38. The van der Waals surface area contributed by atoms with Gasteiger partial charge in [-0.15, -0.1) is 0 Å². The highest BCUT2D eigenvalue weighted by atomic mass is 16.4. The first-order valence-electron chi connectivity index (χ1n) is 13.3. The summed E-state index contributed by atoms with van der Waals surface area (Å²) in [5.41, 5.74) is 3.22. The van der Waals surface area contributed by atoms with Crippen LogP contribution in [0.2, 0.25) is 0 Å². The molecule has 3 N–H and O–H groups in total. The van der Waals surface area contributed by atoms with E-state index in [-0.39, 0.29) is 12.3 Å². The zero-order chi connectivity index (χ0) is 28.0. The lowest BCUT2D eigenvalue weighted by molar-refractivity contribution is -0.138. The molecule has 7 heteroatoms. The van der Waals surface area contributed by atoms with Crippen molar-refractivity contribution in [2.45, 2.75) is 24.0 Å². The predicted molar refractivity (Wildman–Crippen MR) is 152 cm³/mol. The summed E-state index contributed by atoms with van der Waals surface area (Å²) in [6.07, 6.45) is 0.242. The molecule has 4 aromatic rings. The number of nitrogens with one attached hydrogen (secondary N) is 2. The molecule has 0 bridgehead atoms. The molecule has 0 radical (unpaired) electrons. The minimum Gasteiger partial charge on any atom is -0.480 e. The Morgan fingerprint density at radius 1 is 0.750 bits per heavy atom. The number of carboxylic acids is 1. The van der Waals surface area contributed by atoms with Gasteiger partial charge in [0.2, 0.25) is 11.8 Å². The molecule has 0 saturated carbocycles. The highest BCUT2D eigenvalue weighted by Gasteiger charge is 2.56. The number of aliphatic carboxylic acids is 1. The van der Waals surface area contributed by atoms with Crippen LogP contribution in [-0.4, -0.2) is 53.0 Å². The molecule has 1 aliphatic heterocycles. The van der Waals surface area contributed by atoms with Crippen LogP contribution in [-0.2, 0) is 26.3 Å². The summed E-state index contributed by atoms with van der Waals surface area (Å²) in [5, 5.41) is 14.4. The number of carboxylic acid groups (broad SMARTS) is 1. The maximum atomic E-state index is 13.8. The molecule has 1 saturated heterocycles. The van der Waals surface area contributed by atoms with Crippen molar-refractivity contribution in [3.05, 3.63) is 144 Å². The van der Waals surface area contributed by atoms with Crippen LogP contribution >= 0.6 is 0 Å². The number of carbonyl (C=O) groups excluding carboxylic acids is 2. The summed E-state index contributed by atoms with van der Waals surface area (Å²) in [7, 11) is 0. The van der Waals surface area contributed by atoms with Gasteiger partial charge in [-0.3, -0.25) is 19.3 Å². The van der Waals surface area contributed by atoms with Crippen LogP contribution in [0, 0.1) is 0 Å². The van der Waals surface area contributed by atoms with E-state index in [1.807, 2.05) is 84.9 Å². The summed E-state index contributed by atoms with van der Waals surface area (Å²) < 4.78 is 0. The zero-order valence-corrected chi connectivity index (χ0v) is 21.9. The van der Waals surface area contributed by atoms with Gasteiger partial charge in [0.05, 0.1) is 5.54 Å². The summed E-state index contributed by atoms with van der Waals surface area (Å²) in [5.74, 6) is -1.96. The van der Waals surface area contributed by atoms with E-state index in [2.05, 4.69) is 51.9 Å². The van der Waals surface area contributed by atoms with Crippen LogP contribution in [0.5, 0.6) is 0 Å². The van der Waals surface area contributed by atoms with Crippen LogP contribution in [0.25, 0.3) is 0 Å². The van der Waals surface area contributed by atoms with Crippen molar-refractivity contribution < 1.29 is 19.5 Å². The molecular formula is C33H31N3O4. The second-order valence-corrected chi connectivity index (χ2v) is 9.84. The number of benzene rings is 4. The van der Waals surface area contributed by atoms with E-state index in [1.54, 1.807) is 0 Å². The van der Waals surface area contributed by atoms with Gasteiger partial charge in [-0.2, -0.15) is 0 Å². The van der Waals surface area contributed by atoms with E-state index in [0.717, 1.165) is 22.3 Å². The minimum absolute atomic E-state index is 0.242. The van der Waals surface area contributed by atoms with E-state index < -0.39 is 36.0 Å². The molecule has 1 aliphatic rings. The van der Waals surface area contributed by atoms with Gasteiger partial charge in [-0.25, -0.2) is 0 Å². The normalized spacial score (nSPS) is 16.9. The minimum atomic E-state index is -1.15. The summed E-state index contributed by atoms with van der Waals surface area (Å²) in [4.78, 5) is 39.9. The van der Waals surface area contributed by atoms with Crippen molar-refractivity contribution >= 4 is 17.8 Å². The Labute approximate surface area is 233 Å². The largest absolute Gasteiger partial charge is 0.480 e. The van der Waals surface area contributed by atoms with E-state index in [0.29, 0.717) is 6.54 Å². The number of carbonyl (C=O) groups is 3. The van der Waals surface area contributed by atoms with Crippen molar-refractivity contribution in [3.63, 3.8) is 0 Å². The quantitative estimate of drug-likeness (QED) is 0.202. The van der Waals surface area contributed by atoms with Crippen molar-refractivity contribution in [3.8, 4) is 0 Å². The summed E-state index contributed by atoms with van der Waals surface area (Å²) in [6.45, 7) is -0.0337. The maximum Gasteiger partial charge on any atom is 0.322 e. The Hall–Kier alpha value is -4.75. The Kier molecular flexibility index (Phi) is 8.03. The van der Waals surface area contributed by atoms with Crippen LogP contribution in [0.4, 0.5) is 0 Å². The molecule has 0 aromatic heterocycles. The van der Waals surface area contributed by atoms with Crippen LogP contribution in [0.15, 0.2) is 121 Å². The lowest BCUT2D eigenvalue weighted by Crippen LogP contribution is -2.51. The molecule has 2 amide bonds. The van der Waals surface area contributed by atoms with Crippen LogP contribution in [0.1, 0.15) is 22.3 Å². The highest BCUT2D eigenvalue weighted by Crippen LogP contribution is 2.48. The number of hydrogen-bond donors (Lipinski definition) is 3. The molecule has 2 unspecified atom stereocenters. The third kappa shape index (κ3) is 5.65. The SMILES string of the molecule is O=C(O)CNC(=O)[C@H](Cc1ccccc1)NC(=O)C1CN1C(c1ccccc1)(c1ccccc1)c1ccccc1. The molecule has 202 valence electrons. The number of rotatable bonds is 11. The number of hydrogen-bond acceptors (Lipinski definition) is 4. The van der Waals surface area contributed by atoms with Crippen LogP contribution in [0.3, 0.4) is 0 Å². The monoisotopic (exact) mass is 533 g/mol. The number of nitrogens with zero attached hydrogens (tertiary/aromatic N) is 1. The van der Waals surface area contributed by atoms with E-state index in [9.17, 15) is 14.4 Å². The standard InChI is InChI=1S/C33H31N3O4/c37-30(38)22-34-31(39)28(21-24-13-5-1-6-14-24)35-32(40)29-23-36(29)33(25-15-7-2-8-16-25,26-17-9-3-10-18-26)27-19-11-4-12-20-27/h1-20,28-29H,21-23H2,(H,34,39)(H,35,40)(H,37,38)/t28-,29?,36?/m0/s1. The van der Waals surface area contributed by atoms with Crippen molar-refractivity contribution in [2.24, 2.45) is 0 Å². The first-order valence-corrected chi connectivity index (χ1v) is 13.3. The van der Waals surface area contributed by atoms with Gasteiger partial charge >= 0.3 is 5.97 Å². The maximum absolute atomic E-state index is 13.8. The Balaban J connectivity index is 1.47. The Morgan fingerprint density at radius 2 is 1.20 bits per heavy atom. The van der Waals surface area contributed by atoms with E-state index in [4.69, 9.17) is 5.11 Å². The number of amides is 2. The topological polar surface area (TPSA) is 98.5 Å². The van der Waals surface area contributed by atoms with Crippen molar-refractivity contribution in [1.82, 2.24) is 15.5 Å². The average Bonchev–Trinajstić information content (AvgIpc) is 3.80. The molecule has 5 rings (SSSR count). The molecule has 1 heterocycles. The first kappa shape index (κ1) is 26.8. The molecule has 0 spiro atoms. The lowest BCUT2D eigenvalue weighted by atomic mass is 9.76. The van der Waals surface area contributed by atoms with Gasteiger partial charge < -0.3 is 15.7 Å². The molecule has 0 aliphatic carbocycles. The first-order chi connectivity index (χ1) is 19.5. The predicted octanol–water partition coefficient (Wildman–Crippen LogP) is 3.59. The lowest BCUT2D eigenvalue weighted by Gasteiger charge is -2.38. The Bertz CT molecular complexity index is 1350. The fraction of sp³-hybridized carbons (Fsp3) is 0.182. The van der Waals surface area contributed by atoms with Gasteiger partial charge in [0, 0.05) is 13.0 Å². The van der Waals surface area contributed by atoms with Gasteiger partial charge in [-0.1, -0.05) is 121 Å². The Morgan fingerprint density at radius 3 is 1.65 bits per heavy atom. The van der Waals surface area contributed by atoms with Gasteiger partial charge in [0.15, 0.2) is 0 Å². The smallest absolute Gasteiger partial charge is 0.322 e. The summed E-state index contributed by atoms with van der Waals surface area (Å²) >= 11 is 0. The molecule has 3 atom stereocenters. The molecule has 7 nitrogen and oxygen atoms in total. The van der Waals surface area contributed by atoms with Gasteiger partial charge in [-0.05, 0) is 22.3 Å². The van der Waals surface area contributed by atoms with Gasteiger partial charge in [0.25, 0.3) is 0 Å². The van der Waals surface area contributed by atoms with Crippen LogP contribution < -0.4 is 10.6 Å². The van der Waals surface area contributed by atoms with Gasteiger partial charge in [0.1, 0.15) is 18.6 Å². The van der Waals surface area contributed by atoms with E-state index >= 15 is 0 Å². The summed E-state index contributed by atoms with van der Waals surface area (Å²) in [6, 6.07) is 38.3. The molecule has 40 heavy (non-hydrogen) atoms.